The lowest BCUT2D eigenvalue weighted by Gasteiger charge is -2.35. The van der Waals surface area contributed by atoms with E-state index in [9.17, 15) is 9.59 Å². The summed E-state index contributed by atoms with van der Waals surface area (Å²) in [6.45, 7) is 7.87. The van der Waals surface area contributed by atoms with E-state index in [1.54, 1.807) is 6.92 Å². The van der Waals surface area contributed by atoms with Gasteiger partial charge in [-0.2, -0.15) is 0 Å². The van der Waals surface area contributed by atoms with E-state index in [1.165, 1.54) is 5.56 Å². The molecule has 2 aromatic carbocycles. The number of ketones is 1. The number of amides is 1. The first-order valence-corrected chi connectivity index (χ1v) is 10.8. The molecule has 1 aromatic heterocycles. The van der Waals surface area contributed by atoms with Gasteiger partial charge < -0.3 is 9.47 Å². The van der Waals surface area contributed by atoms with Crippen LogP contribution in [0.1, 0.15) is 28.5 Å². The summed E-state index contributed by atoms with van der Waals surface area (Å²) in [6, 6.07) is 22.3. The lowest BCUT2D eigenvalue weighted by atomic mass is 10.1. The molecule has 31 heavy (non-hydrogen) atoms. The number of hydrogen-bond donors (Lipinski definition) is 0. The summed E-state index contributed by atoms with van der Waals surface area (Å²) in [7, 11) is 0. The number of carbonyl (C=O) groups excluding carboxylic acids is 2. The van der Waals surface area contributed by atoms with Gasteiger partial charge in [0.2, 0.25) is 5.91 Å². The van der Waals surface area contributed by atoms with Gasteiger partial charge in [-0.1, -0.05) is 60.7 Å². The van der Waals surface area contributed by atoms with Gasteiger partial charge in [0, 0.05) is 49.7 Å². The Morgan fingerprint density at radius 1 is 0.871 bits per heavy atom. The van der Waals surface area contributed by atoms with E-state index in [2.05, 4.69) is 29.2 Å². The van der Waals surface area contributed by atoms with Crippen molar-refractivity contribution in [1.29, 1.82) is 0 Å². The molecule has 160 valence electrons. The summed E-state index contributed by atoms with van der Waals surface area (Å²) in [5.74, 6) is 0.126. The molecule has 1 saturated heterocycles. The first-order valence-electron chi connectivity index (χ1n) is 10.8. The van der Waals surface area contributed by atoms with Crippen LogP contribution in [0, 0.1) is 6.92 Å². The van der Waals surface area contributed by atoms with Gasteiger partial charge in [0.05, 0.1) is 0 Å². The highest BCUT2D eigenvalue weighted by Crippen LogP contribution is 2.26. The van der Waals surface area contributed by atoms with E-state index >= 15 is 0 Å². The van der Waals surface area contributed by atoms with Crippen LogP contribution in [-0.2, 0) is 17.9 Å². The molecule has 1 amide bonds. The molecule has 0 unspecified atom stereocenters. The predicted octanol–water partition coefficient (Wildman–Crippen LogP) is 4.01. The van der Waals surface area contributed by atoms with Gasteiger partial charge >= 0.3 is 0 Å². The van der Waals surface area contributed by atoms with Crippen LogP contribution in [0.5, 0.6) is 0 Å². The van der Waals surface area contributed by atoms with Crippen molar-refractivity contribution in [1.82, 2.24) is 14.4 Å². The van der Waals surface area contributed by atoms with Crippen molar-refractivity contribution in [2.45, 2.75) is 26.9 Å². The number of nitrogens with zero attached hydrogens (tertiary/aromatic N) is 3. The van der Waals surface area contributed by atoms with Crippen molar-refractivity contribution in [3.63, 3.8) is 0 Å². The second-order valence-electron chi connectivity index (χ2n) is 8.18. The molecular formula is C26H29N3O2. The van der Waals surface area contributed by atoms with Gasteiger partial charge in [0.15, 0.2) is 5.78 Å². The van der Waals surface area contributed by atoms with Crippen molar-refractivity contribution >= 4 is 11.7 Å². The minimum Gasteiger partial charge on any atom is -0.339 e. The van der Waals surface area contributed by atoms with Gasteiger partial charge in [0.25, 0.3) is 0 Å². The number of benzene rings is 2. The van der Waals surface area contributed by atoms with Crippen LogP contribution in [0.4, 0.5) is 0 Å². The fraction of sp³-hybridized carbons (Fsp3) is 0.308. The third-order valence-electron chi connectivity index (χ3n) is 6.08. The number of hydrogen-bond acceptors (Lipinski definition) is 3. The second-order valence-corrected chi connectivity index (χ2v) is 8.18. The normalized spacial score (nSPS) is 14.6. The van der Waals surface area contributed by atoms with Crippen molar-refractivity contribution in [2.75, 3.05) is 26.2 Å². The third kappa shape index (κ3) is 4.78. The van der Waals surface area contributed by atoms with E-state index in [0.29, 0.717) is 5.56 Å². The molecule has 1 aliphatic rings. The molecule has 0 radical (unpaired) electrons. The predicted molar refractivity (Wildman–Crippen MR) is 123 cm³/mol. The van der Waals surface area contributed by atoms with Gasteiger partial charge in [-0.25, -0.2) is 0 Å². The van der Waals surface area contributed by atoms with Gasteiger partial charge in [-0.3, -0.25) is 14.5 Å². The van der Waals surface area contributed by atoms with Gasteiger partial charge in [-0.15, -0.1) is 0 Å². The Hall–Kier alpha value is -3.18. The minimum absolute atomic E-state index is 0.0235. The molecule has 0 atom stereocenters. The number of Topliss-reactive ketones (excluding diaryl/α,β-unsaturated/α-hetero) is 1. The Bertz CT molecular complexity index is 1050. The van der Waals surface area contributed by atoms with Crippen LogP contribution in [0.2, 0.25) is 0 Å². The summed E-state index contributed by atoms with van der Waals surface area (Å²) < 4.78 is 1.99. The van der Waals surface area contributed by atoms with Crippen LogP contribution in [0.15, 0.2) is 66.7 Å². The molecule has 3 aromatic rings. The first kappa shape index (κ1) is 21.1. The molecule has 0 saturated carbocycles. The summed E-state index contributed by atoms with van der Waals surface area (Å²) in [4.78, 5) is 29.6. The summed E-state index contributed by atoms with van der Waals surface area (Å²) in [5.41, 5.74) is 4.76. The lowest BCUT2D eigenvalue weighted by Crippen LogP contribution is -2.49. The van der Waals surface area contributed by atoms with Crippen LogP contribution >= 0.6 is 0 Å². The Morgan fingerprint density at radius 2 is 1.48 bits per heavy atom. The molecule has 5 heteroatoms. The highest BCUT2D eigenvalue weighted by atomic mass is 16.2. The van der Waals surface area contributed by atoms with E-state index < -0.39 is 0 Å². The zero-order chi connectivity index (χ0) is 21.8. The highest BCUT2D eigenvalue weighted by Gasteiger charge is 2.24. The smallest absolute Gasteiger partial charge is 0.242 e. The largest absolute Gasteiger partial charge is 0.339 e. The standard InChI is InChI=1S/C26H29N3O2/c1-20-24(21(2)30)17-25(23-11-7-4-8-12-23)29(20)19-26(31)28-15-13-27(14-16-28)18-22-9-5-3-6-10-22/h3-12,17H,13-16,18-19H2,1-2H3. The van der Waals surface area contributed by atoms with Crippen LogP contribution in [0.3, 0.4) is 0 Å². The fourth-order valence-corrected chi connectivity index (χ4v) is 4.29. The summed E-state index contributed by atoms with van der Waals surface area (Å²) in [5, 5.41) is 0. The van der Waals surface area contributed by atoms with Crippen molar-refractivity contribution in [3.05, 3.63) is 83.6 Å². The van der Waals surface area contributed by atoms with E-state index in [-0.39, 0.29) is 18.2 Å². The van der Waals surface area contributed by atoms with Gasteiger partial charge in [0.1, 0.15) is 6.54 Å². The summed E-state index contributed by atoms with van der Waals surface area (Å²) in [6.07, 6.45) is 0. The number of aromatic nitrogens is 1. The molecule has 2 heterocycles. The minimum atomic E-state index is 0.0235. The second kappa shape index (κ2) is 9.31. The molecule has 1 fully saturated rings. The van der Waals surface area contributed by atoms with Crippen molar-refractivity contribution < 1.29 is 9.59 Å². The molecule has 0 spiro atoms. The average Bonchev–Trinajstić information content (AvgIpc) is 3.12. The average molecular weight is 416 g/mol. The summed E-state index contributed by atoms with van der Waals surface area (Å²) >= 11 is 0. The van der Waals surface area contributed by atoms with Crippen LogP contribution in [-0.4, -0.2) is 52.2 Å². The van der Waals surface area contributed by atoms with Gasteiger partial charge in [-0.05, 0) is 31.0 Å². The molecule has 4 rings (SSSR count). The SMILES string of the molecule is CC(=O)c1cc(-c2ccccc2)n(CC(=O)N2CCN(Cc3ccccc3)CC2)c1C. The molecule has 0 N–H and O–H groups in total. The van der Waals surface area contributed by atoms with E-state index in [1.807, 2.05) is 58.9 Å². The number of rotatable bonds is 6. The third-order valence-corrected chi connectivity index (χ3v) is 6.08. The maximum atomic E-state index is 13.1. The monoisotopic (exact) mass is 415 g/mol. The first-order chi connectivity index (χ1) is 15.0. The quantitative estimate of drug-likeness (QED) is 0.572. The maximum absolute atomic E-state index is 13.1. The fourth-order valence-electron chi connectivity index (χ4n) is 4.29. The zero-order valence-electron chi connectivity index (χ0n) is 18.3. The maximum Gasteiger partial charge on any atom is 0.242 e. The molecule has 0 aliphatic carbocycles. The Balaban J connectivity index is 1.46. The molecule has 0 bridgehead atoms. The highest BCUT2D eigenvalue weighted by molar-refractivity contribution is 5.97. The zero-order valence-corrected chi connectivity index (χ0v) is 18.3. The number of carbonyl (C=O) groups is 2. The lowest BCUT2D eigenvalue weighted by molar-refractivity contribution is -0.133. The topological polar surface area (TPSA) is 45.6 Å². The van der Waals surface area contributed by atoms with Crippen LogP contribution < -0.4 is 0 Å². The van der Waals surface area contributed by atoms with Crippen molar-refractivity contribution in [2.24, 2.45) is 0 Å². The van der Waals surface area contributed by atoms with E-state index in [0.717, 1.165) is 49.7 Å². The Kier molecular flexibility index (Phi) is 6.33. The molecule has 1 aliphatic heterocycles. The van der Waals surface area contributed by atoms with Crippen LogP contribution in [0.25, 0.3) is 11.3 Å². The Morgan fingerprint density at radius 3 is 2.10 bits per heavy atom. The molecule has 5 nitrogen and oxygen atoms in total. The van der Waals surface area contributed by atoms with Crippen molar-refractivity contribution in [3.8, 4) is 11.3 Å². The number of piperazine rings is 1. The molecular weight excluding hydrogens is 386 g/mol. The Labute approximate surface area is 183 Å². The van der Waals surface area contributed by atoms with E-state index in [4.69, 9.17) is 0 Å².